The minimum atomic E-state index is -0.885. The molecular weight excluding hydrogens is 418 g/mol. The highest BCUT2D eigenvalue weighted by atomic mass is 16.6. The van der Waals surface area contributed by atoms with Crippen LogP contribution in [0, 0.1) is 12.3 Å². The van der Waals surface area contributed by atoms with Crippen LogP contribution in [0.2, 0.25) is 0 Å². The van der Waals surface area contributed by atoms with Crippen LogP contribution in [0.4, 0.5) is 4.79 Å². The van der Waals surface area contributed by atoms with Crippen molar-refractivity contribution >= 4 is 17.9 Å². The molecule has 7 nitrogen and oxygen atoms in total. The summed E-state index contributed by atoms with van der Waals surface area (Å²) >= 11 is 0. The number of carbonyl (C=O) groups is 3. The van der Waals surface area contributed by atoms with Gasteiger partial charge in [-0.25, -0.2) is 4.79 Å². The lowest BCUT2D eigenvalue weighted by atomic mass is 9.94. The molecule has 1 atom stereocenters. The van der Waals surface area contributed by atoms with E-state index in [-0.39, 0.29) is 25.0 Å². The third-order valence-corrected chi connectivity index (χ3v) is 5.33. The summed E-state index contributed by atoms with van der Waals surface area (Å²) in [5, 5.41) is 5.59. The number of ether oxygens (including phenoxy) is 1. The van der Waals surface area contributed by atoms with Crippen LogP contribution >= 0.6 is 0 Å². The van der Waals surface area contributed by atoms with Gasteiger partial charge in [0.25, 0.3) is 0 Å². The molecule has 2 rings (SSSR count). The van der Waals surface area contributed by atoms with Gasteiger partial charge in [0.05, 0.1) is 0 Å². The van der Waals surface area contributed by atoms with E-state index in [0.717, 1.165) is 25.7 Å². The average Bonchev–Trinajstić information content (AvgIpc) is 2.77. The lowest BCUT2D eigenvalue weighted by molar-refractivity contribution is -0.140. The van der Waals surface area contributed by atoms with E-state index in [9.17, 15) is 14.4 Å². The van der Waals surface area contributed by atoms with E-state index in [0.29, 0.717) is 11.1 Å². The van der Waals surface area contributed by atoms with Gasteiger partial charge in [-0.1, -0.05) is 43.4 Å². The van der Waals surface area contributed by atoms with Crippen LogP contribution in [0.1, 0.15) is 70.0 Å². The zero-order valence-corrected chi connectivity index (χ0v) is 19.9. The Bertz CT molecular complexity index is 874. The highest BCUT2D eigenvalue weighted by Gasteiger charge is 2.32. The Morgan fingerprint density at radius 1 is 1.21 bits per heavy atom. The number of nitrogens with zero attached hydrogens (tertiary/aromatic N) is 1. The standard InChI is InChI=1S/C26H35N3O4/c1-6-17-29(22(30)18-27-25(32)33-26(3,4)5)23(20-15-13-19(7-2)14-16-20)24(31)28-21-11-9-8-10-12-21/h2,6,13-16,21,23H,1,8-12,17-18H2,3-5H3,(H,27,32)(H,28,31). The van der Waals surface area contributed by atoms with Gasteiger partial charge in [-0.2, -0.15) is 0 Å². The van der Waals surface area contributed by atoms with Crippen LogP contribution in [0.3, 0.4) is 0 Å². The normalized spacial score (nSPS) is 15.0. The molecule has 1 aliphatic rings. The quantitative estimate of drug-likeness (QED) is 0.464. The van der Waals surface area contributed by atoms with Crippen molar-refractivity contribution in [3.8, 4) is 12.3 Å². The van der Waals surface area contributed by atoms with Crippen molar-refractivity contribution in [3.05, 3.63) is 48.0 Å². The number of terminal acetylenes is 1. The number of amides is 3. The Morgan fingerprint density at radius 3 is 2.39 bits per heavy atom. The summed E-state index contributed by atoms with van der Waals surface area (Å²) in [6.07, 6.45) is 11.5. The van der Waals surface area contributed by atoms with E-state index < -0.39 is 23.6 Å². The van der Waals surface area contributed by atoms with Gasteiger partial charge in [0.2, 0.25) is 11.8 Å². The fourth-order valence-corrected chi connectivity index (χ4v) is 3.82. The van der Waals surface area contributed by atoms with E-state index in [4.69, 9.17) is 11.2 Å². The molecular formula is C26H35N3O4. The molecule has 0 bridgehead atoms. The molecule has 0 spiro atoms. The molecule has 7 heteroatoms. The van der Waals surface area contributed by atoms with Crippen LogP contribution in [0.25, 0.3) is 0 Å². The molecule has 33 heavy (non-hydrogen) atoms. The third-order valence-electron chi connectivity index (χ3n) is 5.33. The number of benzene rings is 1. The van der Waals surface area contributed by atoms with Gasteiger partial charge in [0.1, 0.15) is 18.2 Å². The molecule has 1 aliphatic carbocycles. The number of rotatable bonds is 8. The second kappa shape index (κ2) is 12.1. The topological polar surface area (TPSA) is 87.7 Å². The first-order valence-corrected chi connectivity index (χ1v) is 11.4. The largest absolute Gasteiger partial charge is 0.444 e. The number of carbonyl (C=O) groups excluding carboxylic acids is 3. The minimum absolute atomic E-state index is 0.0827. The summed E-state index contributed by atoms with van der Waals surface area (Å²) in [7, 11) is 0. The lowest BCUT2D eigenvalue weighted by Crippen LogP contribution is -2.49. The number of hydrogen-bond donors (Lipinski definition) is 2. The highest BCUT2D eigenvalue weighted by Crippen LogP contribution is 2.24. The van der Waals surface area contributed by atoms with E-state index >= 15 is 0 Å². The lowest BCUT2D eigenvalue weighted by Gasteiger charge is -2.33. The summed E-state index contributed by atoms with van der Waals surface area (Å²) < 4.78 is 5.21. The maximum atomic E-state index is 13.4. The van der Waals surface area contributed by atoms with Gasteiger partial charge in [0, 0.05) is 18.2 Å². The number of alkyl carbamates (subject to hydrolysis) is 1. The maximum absolute atomic E-state index is 13.4. The molecule has 0 radical (unpaired) electrons. The first-order chi connectivity index (χ1) is 15.6. The van der Waals surface area contributed by atoms with Gasteiger partial charge in [0.15, 0.2) is 0 Å². The summed E-state index contributed by atoms with van der Waals surface area (Å²) in [4.78, 5) is 40.0. The molecule has 1 unspecified atom stereocenters. The van der Waals surface area contributed by atoms with E-state index in [2.05, 4.69) is 23.1 Å². The number of hydrogen-bond acceptors (Lipinski definition) is 4. The molecule has 3 amide bonds. The summed E-state index contributed by atoms with van der Waals surface area (Å²) in [5.41, 5.74) is 0.628. The zero-order valence-electron chi connectivity index (χ0n) is 19.9. The van der Waals surface area contributed by atoms with Gasteiger partial charge in [-0.3, -0.25) is 9.59 Å². The van der Waals surface area contributed by atoms with Crippen LogP contribution in [0.15, 0.2) is 36.9 Å². The summed E-state index contributed by atoms with van der Waals surface area (Å²) in [6, 6.07) is 6.19. The minimum Gasteiger partial charge on any atom is -0.444 e. The molecule has 0 heterocycles. The van der Waals surface area contributed by atoms with E-state index in [1.807, 2.05) is 0 Å². The third kappa shape index (κ3) is 8.30. The molecule has 0 saturated heterocycles. The first kappa shape index (κ1) is 26.0. The van der Waals surface area contributed by atoms with Crippen LogP contribution in [-0.4, -0.2) is 47.5 Å². The zero-order chi connectivity index (χ0) is 24.4. The van der Waals surface area contributed by atoms with Crippen molar-refractivity contribution in [2.24, 2.45) is 0 Å². The van der Waals surface area contributed by atoms with Crippen molar-refractivity contribution in [2.45, 2.75) is 70.6 Å². The fourth-order valence-electron chi connectivity index (χ4n) is 3.82. The van der Waals surface area contributed by atoms with E-state index in [1.54, 1.807) is 51.1 Å². The Balaban J connectivity index is 2.25. The average molecular weight is 454 g/mol. The summed E-state index contributed by atoms with van der Waals surface area (Å²) in [5.74, 6) is 1.87. The van der Waals surface area contributed by atoms with Crippen molar-refractivity contribution < 1.29 is 19.1 Å². The monoisotopic (exact) mass is 453 g/mol. The molecule has 0 aromatic heterocycles. The molecule has 1 fully saturated rings. The van der Waals surface area contributed by atoms with Crippen LogP contribution < -0.4 is 10.6 Å². The van der Waals surface area contributed by atoms with Gasteiger partial charge in [-0.15, -0.1) is 13.0 Å². The molecule has 2 N–H and O–H groups in total. The summed E-state index contributed by atoms with van der Waals surface area (Å²) in [6.45, 7) is 8.79. The number of nitrogens with one attached hydrogen (secondary N) is 2. The van der Waals surface area contributed by atoms with Crippen molar-refractivity contribution in [1.29, 1.82) is 0 Å². The highest BCUT2D eigenvalue weighted by molar-refractivity contribution is 5.90. The smallest absolute Gasteiger partial charge is 0.408 e. The first-order valence-electron chi connectivity index (χ1n) is 11.4. The second-order valence-electron chi connectivity index (χ2n) is 9.20. The molecule has 1 aromatic rings. The molecule has 178 valence electrons. The molecule has 0 aliphatic heterocycles. The van der Waals surface area contributed by atoms with Crippen LogP contribution in [-0.2, 0) is 14.3 Å². The van der Waals surface area contributed by atoms with Gasteiger partial charge >= 0.3 is 6.09 Å². The van der Waals surface area contributed by atoms with Crippen molar-refractivity contribution in [3.63, 3.8) is 0 Å². The second-order valence-corrected chi connectivity index (χ2v) is 9.20. The fraction of sp³-hybridized carbons (Fsp3) is 0.500. The Kier molecular flexibility index (Phi) is 9.53. The van der Waals surface area contributed by atoms with Gasteiger partial charge in [-0.05, 0) is 51.3 Å². The van der Waals surface area contributed by atoms with Gasteiger partial charge < -0.3 is 20.3 Å². The molecule has 1 saturated carbocycles. The van der Waals surface area contributed by atoms with Crippen molar-refractivity contribution in [1.82, 2.24) is 15.5 Å². The van der Waals surface area contributed by atoms with E-state index in [1.165, 1.54) is 11.3 Å². The predicted molar refractivity (Wildman–Crippen MR) is 128 cm³/mol. The van der Waals surface area contributed by atoms with Crippen LogP contribution in [0.5, 0.6) is 0 Å². The SMILES string of the molecule is C#Cc1ccc(C(C(=O)NC2CCCCC2)N(CC=C)C(=O)CNC(=O)OC(C)(C)C)cc1. The molecule has 1 aromatic carbocycles. The predicted octanol–water partition coefficient (Wildman–Crippen LogP) is 3.70. The Hall–Kier alpha value is -3.27. The maximum Gasteiger partial charge on any atom is 0.408 e. The Labute approximate surface area is 196 Å². The van der Waals surface area contributed by atoms with Crippen molar-refractivity contribution in [2.75, 3.05) is 13.1 Å². The Morgan fingerprint density at radius 2 is 1.85 bits per heavy atom.